The molecule has 2 heteroatoms. The van der Waals surface area contributed by atoms with Gasteiger partial charge in [-0.05, 0) is 30.4 Å². The number of para-hydroxylation sites is 1. The number of anilines is 1. The Morgan fingerprint density at radius 2 is 1.65 bits per heavy atom. The van der Waals surface area contributed by atoms with Crippen LogP contribution in [0.1, 0.15) is 86.5 Å². The first-order valence-electron chi connectivity index (χ1n) is 10.4. The zero-order chi connectivity index (χ0) is 20.0. The predicted octanol–water partition coefficient (Wildman–Crippen LogP) is 7.40. The lowest BCUT2D eigenvalue weighted by atomic mass is 9.89. The van der Waals surface area contributed by atoms with E-state index in [0.29, 0.717) is 11.8 Å². The third kappa shape index (κ3) is 11.1. The van der Waals surface area contributed by atoms with E-state index in [2.05, 4.69) is 34.3 Å². The summed E-state index contributed by atoms with van der Waals surface area (Å²) < 4.78 is 0. The molecule has 148 valence electrons. The second-order valence-electron chi connectivity index (χ2n) is 7.93. The average Bonchev–Trinajstić information content (AvgIpc) is 2.61. The van der Waals surface area contributed by atoms with Gasteiger partial charge in [0.15, 0.2) is 0 Å². The van der Waals surface area contributed by atoms with Gasteiger partial charge in [-0.15, -0.1) is 0 Å². The minimum atomic E-state index is 0.160. The maximum atomic E-state index is 11.7. The summed E-state index contributed by atoms with van der Waals surface area (Å²) in [5.74, 6) is 0.160. The Morgan fingerprint density at radius 3 is 2.15 bits per heavy atom. The fourth-order valence-corrected chi connectivity index (χ4v) is 2.76. The number of hydrogen-bond donors (Lipinski definition) is 0. The molecule has 26 heavy (non-hydrogen) atoms. The number of unbranched alkanes of at least 4 members (excludes halogenated alkanes) is 3. The molecule has 0 radical (unpaired) electrons. The summed E-state index contributed by atoms with van der Waals surface area (Å²) in [6.07, 6.45) is 8.40. The standard InChI is InChI=1S/C12H13NO.C10H22.C2H6/c1-10-7-8-13(12(14)9-10)11-5-3-2-4-6-11;1-5-6-7-8-9-10(2,3)4;1-2/h2-6H,1,7-9H2;5-9H2,1-4H3;1-2H3. The van der Waals surface area contributed by atoms with Crippen LogP contribution in [0.5, 0.6) is 0 Å². The molecule has 0 unspecified atom stereocenters. The molecule has 1 aliphatic heterocycles. The van der Waals surface area contributed by atoms with Gasteiger partial charge in [0, 0.05) is 18.7 Å². The molecule has 0 atom stereocenters. The fourth-order valence-electron chi connectivity index (χ4n) is 2.76. The van der Waals surface area contributed by atoms with Gasteiger partial charge in [0.25, 0.3) is 0 Å². The molecule has 1 amide bonds. The quantitative estimate of drug-likeness (QED) is 0.396. The smallest absolute Gasteiger partial charge is 0.231 e. The highest BCUT2D eigenvalue weighted by atomic mass is 16.2. The van der Waals surface area contributed by atoms with Crippen LogP contribution < -0.4 is 4.90 Å². The molecule has 1 saturated heterocycles. The van der Waals surface area contributed by atoms with Crippen LogP contribution in [0.25, 0.3) is 0 Å². The molecule has 0 N–H and O–H groups in total. The normalized spacial score (nSPS) is 14.2. The molecule has 0 aromatic heterocycles. The summed E-state index contributed by atoms with van der Waals surface area (Å²) in [6.45, 7) is 17.8. The summed E-state index contributed by atoms with van der Waals surface area (Å²) in [4.78, 5) is 13.5. The van der Waals surface area contributed by atoms with Crippen molar-refractivity contribution < 1.29 is 4.79 Å². The van der Waals surface area contributed by atoms with Crippen molar-refractivity contribution in [3.63, 3.8) is 0 Å². The molecular formula is C24H41NO. The van der Waals surface area contributed by atoms with Gasteiger partial charge in [0.1, 0.15) is 0 Å². The SMILES string of the molecule is C=C1CCN(c2ccccc2)C(=O)C1.CC.CCCCCCC(C)(C)C. The lowest BCUT2D eigenvalue weighted by Gasteiger charge is -2.27. The maximum Gasteiger partial charge on any atom is 0.231 e. The maximum absolute atomic E-state index is 11.7. The van der Waals surface area contributed by atoms with Crippen LogP contribution in [0.15, 0.2) is 42.5 Å². The molecule has 1 aliphatic rings. The summed E-state index contributed by atoms with van der Waals surface area (Å²) in [5, 5.41) is 0. The van der Waals surface area contributed by atoms with Crippen LogP contribution >= 0.6 is 0 Å². The molecule has 1 heterocycles. The van der Waals surface area contributed by atoms with E-state index in [1.54, 1.807) is 0 Å². The molecule has 2 nitrogen and oxygen atoms in total. The lowest BCUT2D eigenvalue weighted by Crippen LogP contribution is -2.35. The molecule has 0 aliphatic carbocycles. The van der Waals surface area contributed by atoms with Crippen molar-refractivity contribution >= 4 is 11.6 Å². The second-order valence-corrected chi connectivity index (χ2v) is 7.93. The Balaban J connectivity index is 0.000000464. The number of carbonyl (C=O) groups excluding carboxylic acids is 1. The topological polar surface area (TPSA) is 20.3 Å². The zero-order valence-electron chi connectivity index (χ0n) is 18.1. The summed E-state index contributed by atoms with van der Waals surface area (Å²) >= 11 is 0. The number of carbonyl (C=O) groups is 1. The van der Waals surface area contributed by atoms with E-state index in [4.69, 9.17) is 0 Å². The van der Waals surface area contributed by atoms with Gasteiger partial charge in [0.05, 0.1) is 0 Å². The van der Waals surface area contributed by atoms with Crippen molar-refractivity contribution in [3.8, 4) is 0 Å². The number of benzene rings is 1. The number of nitrogens with zero attached hydrogens (tertiary/aromatic N) is 1. The molecule has 0 saturated carbocycles. The van der Waals surface area contributed by atoms with Gasteiger partial charge in [-0.2, -0.15) is 0 Å². The van der Waals surface area contributed by atoms with Gasteiger partial charge in [-0.3, -0.25) is 4.79 Å². The number of amides is 1. The number of piperidine rings is 1. The Bertz CT molecular complexity index is 499. The monoisotopic (exact) mass is 359 g/mol. The molecular weight excluding hydrogens is 318 g/mol. The largest absolute Gasteiger partial charge is 0.312 e. The highest BCUT2D eigenvalue weighted by molar-refractivity contribution is 5.95. The third-order valence-electron chi connectivity index (χ3n) is 4.24. The molecule has 1 aromatic carbocycles. The van der Waals surface area contributed by atoms with Gasteiger partial charge >= 0.3 is 0 Å². The van der Waals surface area contributed by atoms with Crippen molar-refractivity contribution in [1.29, 1.82) is 0 Å². The van der Waals surface area contributed by atoms with E-state index in [1.165, 1.54) is 32.1 Å². The van der Waals surface area contributed by atoms with Crippen LogP contribution in [-0.2, 0) is 4.79 Å². The van der Waals surface area contributed by atoms with E-state index in [1.807, 2.05) is 49.1 Å². The molecule has 1 fully saturated rings. The Hall–Kier alpha value is -1.57. The fraction of sp³-hybridized carbons (Fsp3) is 0.625. The van der Waals surface area contributed by atoms with Crippen molar-refractivity contribution in [3.05, 3.63) is 42.5 Å². The van der Waals surface area contributed by atoms with Crippen molar-refractivity contribution in [2.75, 3.05) is 11.4 Å². The first-order chi connectivity index (χ1) is 12.3. The van der Waals surface area contributed by atoms with Crippen LogP contribution in [0.4, 0.5) is 5.69 Å². The van der Waals surface area contributed by atoms with Gasteiger partial charge in [-0.25, -0.2) is 0 Å². The lowest BCUT2D eigenvalue weighted by molar-refractivity contribution is -0.118. The van der Waals surface area contributed by atoms with Crippen LogP contribution in [0.2, 0.25) is 0 Å². The summed E-state index contributed by atoms with van der Waals surface area (Å²) in [6, 6.07) is 9.78. The van der Waals surface area contributed by atoms with E-state index < -0.39 is 0 Å². The first-order valence-corrected chi connectivity index (χ1v) is 10.4. The Labute approximate surface area is 162 Å². The zero-order valence-corrected chi connectivity index (χ0v) is 18.1. The minimum Gasteiger partial charge on any atom is -0.312 e. The van der Waals surface area contributed by atoms with Crippen LogP contribution in [-0.4, -0.2) is 12.5 Å². The van der Waals surface area contributed by atoms with Gasteiger partial charge in [-0.1, -0.05) is 97.6 Å². The van der Waals surface area contributed by atoms with Crippen molar-refractivity contribution in [2.45, 2.75) is 86.5 Å². The predicted molar refractivity (Wildman–Crippen MR) is 117 cm³/mol. The van der Waals surface area contributed by atoms with Crippen molar-refractivity contribution in [1.82, 2.24) is 0 Å². The number of hydrogen-bond acceptors (Lipinski definition) is 1. The van der Waals surface area contributed by atoms with E-state index >= 15 is 0 Å². The van der Waals surface area contributed by atoms with Crippen LogP contribution in [0, 0.1) is 5.41 Å². The van der Waals surface area contributed by atoms with Gasteiger partial charge in [0.2, 0.25) is 5.91 Å². The van der Waals surface area contributed by atoms with Crippen molar-refractivity contribution in [2.24, 2.45) is 5.41 Å². The minimum absolute atomic E-state index is 0.160. The Kier molecular flexibility index (Phi) is 12.8. The Morgan fingerprint density at radius 1 is 1.04 bits per heavy atom. The second kappa shape index (κ2) is 13.6. The number of rotatable bonds is 5. The summed E-state index contributed by atoms with van der Waals surface area (Å²) in [7, 11) is 0. The first kappa shape index (κ1) is 24.4. The molecule has 2 rings (SSSR count). The summed E-state index contributed by atoms with van der Waals surface area (Å²) in [5.41, 5.74) is 2.58. The van der Waals surface area contributed by atoms with E-state index in [9.17, 15) is 4.79 Å². The third-order valence-corrected chi connectivity index (χ3v) is 4.24. The highest BCUT2D eigenvalue weighted by Crippen LogP contribution is 2.23. The van der Waals surface area contributed by atoms with E-state index in [0.717, 1.165) is 24.2 Å². The molecule has 0 spiro atoms. The van der Waals surface area contributed by atoms with Gasteiger partial charge < -0.3 is 4.90 Å². The van der Waals surface area contributed by atoms with Crippen LogP contribution in [0.3, 0.4) is 0 Å². The van der Waals surface area contributed by atoms with E-state index in [-0.39, 0.29) is 5.91 Å². The highest BCUT2D eigenvalue weighted by Gasteiger charge is 2.21. The molecule has 1 aromatic rings. The average molecular weight is 360 g/mol. The molecule has 0 bridgehead atoms.